The minimum Gasteiger partial charge on any atom is -0.380 e. The predicted octanol–water partition coefficient (Wildman–Crippen LogP) is 0.978. The van der Waals surface area contributed by atoms with E-state index in [9.17, 15) is 8.42 Å². The first kappa shape index (κ1) is 10.1. The van der Waals surface area contributed by atoms with Crippen LogP contribution in [0.3, 0.4) is 0 Å². The van der Waals surface area contributed by atoms with Gasteiger partial charge in [0, 0.05) is 12.8 Å². The van der Waals surface area contributed by atoms with Crippen molar-refractivity contribution >= 4 is 9.84 Å². The second-order valence-corrected chi connectivity index (χ2v) is 5.07. The number of dihydropyridines is 1. The highest BCUT2D eigenvalue weighted by Crippen LogP contribution is 2.18. The Morgan fingerprint density at radius 3 is 2.69 bits per heavy atom. The van der Waals surface area contributed by atoms with Crippen LogP contribution in [0.1, 0.15) is 6.92 Å². The van der Waals surface area contributed by atoms with E-state index in [2.05, 4.69) is 11.9 Å². The van der Waals surface area contributed by atoms with Crippen LogP contribution in [-0.2, 0) is 9.84 Å². The molecule has 4 heteroatoms. The molecule has 0 fully saturated rings. The average Bonchev–Trinajstić information content (AvgIpc) is 2.02. The molecule has 72 valence electrons. The third-order valence-corrected chi connectivity index (χ3v) is 2.98. The zero-order valence-corrected chi connectivity index (χ0v) is 8.61. The maximum absolute atomic E-state index is 11.2. The molecule has 0 aromatic rings. The van der Waals surface area contributed by atoms with Gasteiger partial charge in [-0.15, -0.1) is 0 Å². The van der Waals surface area contributed by atoms with Crippen molar-refractivity contribution in [1.29, 1.82) is 0 Å². The van der Waals surface area contributed by atoms with Crippen LogP contribution in [0.15, 0.2) is 34.9 Å². The fourth-order valence-electron chi connectivity index (χ4n) is 1.12. The number of hydrogen-bond donors (Lipinski definition) is 1. The Hall–Kier alpha value is -1.03. The van der Waals surface area contributed by atoms with Crippen LogP contribution in [0, 0.1) is 0 Å². The lowest BCUT2D eigenvalue weighted by molar-refractivity contribution is 0.607. The lowest BCUT2D eigenvalue weighted by Gasteiger charge is -2.16. The molecule has 0 unspecified atom stereocenters. The standard InChI is InChI=1S/C9H13NO2S/c1-7-5-4-6-10-9(7)8(2)13(3,11)12/h4-5,10H,2,6H2,1,3H3. The van der Waals surface area contributed by atoms with Gasteiger partial charge < -0.3 is 5.32 Å². The third-order valence-electron chi connectivity index (χ3n) is 1.89. The van der Waals surface area contributed by atoms with Crippen molar-refractivity contribution in [2.75, 3.05) is 12.8 Å². The molecule has 3 nitrogen and oxygen atoms in total. The normalized spacial score (nSPS) is 17.1. The largest absolute Gasteiger partial charge is 0.380 e. The predicted molar refractivity (Wildman–Crippen MR) is 53.8 cm³/mol. The molecule has 0 saturated heterocycles. The molecular formula is C9H13NO2S. The van der Waals surface area contributed by atoms with E-state index in [0.717, 1.165) is 11.8 Å². The maximum atomic E-state index is 11.2. The van der Waals surface area contributed by atoms with E-state index in [1.54, 1.807) is 0 Å². The van der Waals surface area contributed by atoms with Crippen molar-refractivity contribution in [2.24, 2.45) is 0 Å². The molecule has 1 N–H and O–H groups in total. The van der Waals surface area contributed by atoms with Crippen molar-refractivity contribution in [2.45, 2.75) is 6.92 Å². The molecule has 0 spiro atoms. The van der Waals surface area contributed by atoms with E-state index in [1.165, 1.54) is 0 Å². The summed E-state index contributed by atoms with van der Waals surface area (Å²) in [6.07, 6.45) is 4.99. The number of allylic oxidation sites excluding steroid dienone is 2. The van der Waals surface area contributed by atoms with Gasteiger partial charge in [0.05, 0.1) is 10.6 Å². The molecule has 13 heavy (non-hydrogen) atoms. The van der Waals surface area contributed by atoms with Crippen molar-refractivity contribution in [3.8, 4) is 0 Å². The summed E-state index contributed by atoms with van der Waals surface area (Å²) < 4.78 is 22.4. The first-order chi connectivity index (χ1) is 5.93. The average molecular weight is 199 g/mol. The number of rotatable bonds is 2. The van der Waals surface area contributed by atoms with Gasteiger partial charge in [-0.3, -0.25) is 0 Å². The van der Waals surface area contributed by atoms with Crippen LogP contribution in [0.25, 0.3) is 0 Å². The molecular weight excluding hydrogens is 186 g/mol. The Morgan fingerprint density at radius 2 is 2.23 bits per heavy atom. The fraction of sp³-hybridized carbons (Fsp3) is 0.333. The first-order valence-electron chi connectivity index (χ1n) is 3.93. The molecule has 0 bridgehead atoms. The summed E-state index contributed by atoms with van der Waals surface area (Å²) in [6, 6.07) is 0. The van der Waals surface area contributed by atoms with Crippen molar-refractivity contribution in [3.63, 3.8) is 0 Å². The highest BCUT2D eigenvalue weighted by atomic mass is 32.2. The van der Waals surface area contributed by atoms with Gasteiger partial charge in [0.15, 0.2) is 9.84 Å². The number of hydrogen-bond acceptors (Lipinski definition) is 3. The molecule has 0 atom stereocenters. The molecule has 0 amide bonds. The Bertz CT molecular complexity index is 388. The van der Waals surface area contributed by atoms with Crippen molar-refractivity contribution in [3.05, 3.63) is 34.9 Å². The van der Waals surface area contributed by atoms with Crippen molar-refractivity contribution in [1.82, 2.24) is 5.32 Å². The van der Waals surface area contributed by atoms with E-state index in [-0.39, 0.29) is 4.91 Å². The lowest BCUT2D eigenvalue weighted by Crippen LogP contribution is -2.21. The molecule has 0 aromatic heterocycles. The first-order valence-corrected chi connectivity index (χ1v) is 5.82. The Labute approximate surface area is 78.8 Å². The smallest absolute Gasteiger partial charge is 0.176 e. The molecule has 1 heterocycles. The number of sulfone groups is 1. The summed E-state index contributed by atoms with van der Waals surface area (Å²) in [5, 5.41) is 2.99. The monoisotopic (exact) mass is 199 g/mol. The maximum Gasteiger partial charge on any atom is 0.176 e. The van der Waals surface area contributed by atoms with Gasteiger partial charge in [-0.05, 0) is 12.5 Å². The van der Waals surface area contributed by atoms with E-state index < -0.39 is 9.84 Å². The van der Waals surface area contributed by atoms with Crippen LogP contribution < -0.4 is 5.32 Å². The molecule has 1 rings (SSSR count). The molecule has 1 aliphatic rings. The van der Waals surface area contributed by atoms with Crippen LogP contribution in [-0.4, -0.2) is 21.2 Å². The van der Waals surface area contributed by atoms with E-state index in [0.29, 0.717) is 12.2 Å². The van der Waals surface area contributed by atoms with Gasteiger partial charge in [0.1, 0.15) is 0 Å². The van der Waals surface area contributed by atoms with Crippen molar-refractivity contribution < 1.29 is 8.42 Å². The van der Waals surface area contributed by atoms with Crippen LogP contribution in [0.2, 0.25) is 0 Å². The Balaban J connectivity index is 3.09. The lowest BCUT2D eigenvalue weighted by atomic mass is 10.1. The second kappa shape index (κ2) is 3.38. The molecule has 0 saturated carbocycles. The highest BCUT2D eigenvalue weighted by molar-refractivity contribution is 7.94. The SMILES string of the molecule is C=C(C1=C(C)C=CCN1)S(C)(=O)=O. The molecule has 0 aliphatic carbocycles. The van der Waals surface area contributed by atoms with E-state index in [1.807, 2.05) is 19.1 Å². The topological polar surface area (TPSA) is 46.2 Å². The Kier molecular flexibility index (Phi) is 2.61. The molecule has 0 radical (unpaired) electrons. The second-order valence-electron chi connectivity index (χ2n) is 3.04. The van der Waals surface area contributed by atoms with E-state index in [4.69, 9.17) is 0 Å². The van der Waals surface area contributed by atoms with Gasteiger partial charge in [0.25, 0.3) is 0 Å². The van der Waals surface area contributed by atoms with Gasteiger partial charge in [-0.2, -0.15) is 0 Å². The van der Waals surface area contributed by atoms with Crippen LogP contribution in [0.5, 0.6) is 0 Å². The van der Waals surface area contributed by atoms with Gasteiger partial charge >= 0.3 is 0 Å². The molecule has 0 aromatic carbocycles. The summed E-state index contributed by atoms with van der Waals surface area (Å²) in [5.74, 6) is 0. The minimum atomic E-state index is -3.18. The van der Waals surface area contributed by atoms with Gasteiger partial charge in [0.2, 0.25) is 0 Å². The summed E-state index contributed by atoms with van der Waals surface area (Å²) in [5.41, 5.74) is 1.53. The zero-order chi connectivity index (χ0) is 10.1. The summed E-state index contributed by atoms with van der Waals surface area (Å²) in [7, 11) is -3.18. The summed E-state index contributed by atoms with van der Waals surface area (Å²) in [4.78, 5) is 0.161. The van der Waals surface area contributed by atoms with Crippen LogP contribution >= 0.6 is 0 Å². The highest BCUT2D eigenvalue weighted by Gasteiger charge is 2.16. The fourth-order valence-corrected chi connectivity index (χ4v) is 1.73. The van der Waals surface area contributed by atoms with E-state index >= 15 is 0 Å². The van der Waals surface area contributed by atoms with Gasteiger partial charge in [-0.1, -0.05) is 18.7 Å². The van der Waals surface area contributed by atoms with Crippen LogP contribution in [0.4, 0.5) is 0 Å². The molecule has 1 aliphatic heterocycles. The number of nitrogens with one attached hydrogen (secondary N) is 1. The summed E-state index contributed by atoms with van der Waals surface area (Å²) >= 11 is 0. The summed E-state index contributed by atoms with van der Waals surface area (Å²) in [6.45, 7) is 6.07. The Morgan fingerprint density at radius 1 is 1.62 bits per heavy atom. The third kappa shape index (κ3) is 2.21. The quantitative estimate of drug-likeness (QED) is 0.721. The minimum absolute atomic E-state index is 0.161. The zero-order valence-electron chi connectivity index (χ0n) is 7.79. The van der Waals surface area contributed by atoms with Gasteiger partial charge in [-0.25, -0.2) is 8.42 Å².